The van der Waals surface area contributed by atoms with Crippen molar-refractivity contribution in [1.29, 1.82) is 0 Å². The molecular weight excluding hydrogens is 328 g/mol. The first-order valence-corrected chi connectivity index (χ1v) is 9.54. The van der Waals surface area contributed by atoms with Gasteiger partial charge in [0.25, 0.3) is 0 Å². The second-order valence-corrected chi connectivity index (χ2v) is 6.39. The molecule has 0 bridgehead atoms. The first-order valence-electron chi connectivity index (χ1n) is 9.54. The van der Waals surface area contributed by atoms with Gasteiger partial charge in [-0.1, -0.05) is 48.5 Å². The zero-order valence-corrected chi connectivity index (χ0v) is 15.9. The summed E-state index contributed by atoms with van der Waals surface area (Å²) in [5, 5.41) is 4.12. The number of hydrogen-bond acceptors (Lipinski definition) is 5. The quantitative estimate of drug-likeness (QED) is 0.292. The van der Waals surface area contributed by atoms with Gasteiger partial charge in [-0.2, -0.15) is 0 Å². The number of carbonyl (C=O) groups excluding carboxylic acids is 1. The molecular formula is C21H30N2O3. The predicted octanol–water partition coefficient (Wildman–Crippen LogP) is 3.76. The van der Waals surface area contributed by atoms with Gasteiger partial charge in [0.2, 0.25) is 0 Å². The predicted molar refractivity (Wildman–Crippen MR) is 105 cm³/mol. The Morgan fingerprint density at radius 3 is 2.85 bits per heavy atom. The molecule has 0 amide bonds. The second kappa shape index (κ2) is 11.5. The standard InChI is InChI=1S/C21H30N2O3/c1-3-9-19(18-10-6-5-7-11-18)16-22-26-15-14-23-13-8-12-20(17-23)21(24)25-4-2/h5-7,9-11,16,20H,3-4,8,12-15,17H2,1-2H3/t20-/m1/s1. The van der Waals surface area contributed by atoms with Gasteiger partial charge in [-0.05, 0) is 43.9 Å². The number of ether oxygens (including phenoxy) is 1. The van der Waals surface area contributed by atoms with E-state index in [1.165, 1.54) is 0 Å². The normalized spacial score (nSPS) is 18.8. The number of esters is 1. The summed E-state index contributed by atoms with van der Waals surface area (Å²) in [6.45, 7) is 7.42. The minimum Gasteiger partial charge on any atom is -0.466 e. The molecule has 1 aliphatic heterocycles. The summed E-state index contributed by atoms with van der Waals surface area (Å²) < 4.78 is 5.14. The lowest BCUT2D eigenvalue weighted by molar-refractivity contribution is -0.150. The molecule has 5 heteroatoms. The van der Waals surface area contributed by atoms with Crippen molar-refractivity contribution in [1.82, 2.24) is 4.90 Å². The fourth-order valence-corrected chi connectivity index (χ4v) is 3.12. The van der Waals surface area contributed by atoms with Gasteiger partial charge < -0.3 is 9.57 Å². The lowest BCUT2D eigenvalue weighted by Crippen LogP contribution is -2.40. The molecule has 0 unspecified atom stereocenters. The average molecular weight is 358 g/mol. The van der Waals surface area contributed by atoms with Crippen LogP contribution in [-0.4, -0.2) is 49.9 Å². The van der Waals surface area contributed by atoms with E-state index in [4.69, 9.17) is 9.57 Å². The van der Waals surface area contributed by atoms with E-state index in [-0.39, 0.29) is 11.9 Å². The highest BCUT2D eigenvalue weighted by atomic mass is 16.6. The molecule has 5 nitrogen and oxygen atoms in total. The zero-order chi connectivity index (χ0) is 18.6. The Balaban J connectivity index is 1.76. The van der Waals surface area contributed by atoms with Crippen LogP contribution in [0.15, 0.2) is 41.6 Å². The number of piperidine rings is 1. The zero-order valence-electron chi connectivity index (χ0n) is 15.9. The molecule has 2 rings (SSSR count). The van der Waals surface area contributed by atoms with Gasteiger partial charge in [-0.25, -0.2) is 0 Å². The summed E-state index contributed by atoms with van der Waals surface area (Å²) in [7, 11) is 0. The lowest BCUT2D eigenvalue weighted by atomic mass is 9.98. The Bertz CT molecular complexity index is 599. The topological polar surface area (TPSA) is 51.1 Å². The van der Waals surface area contributed by atoms with Gasteiger partial charge in [0.05, 0.1) is 18.7 Å². The first kappa shape index (κ1) is 20.2. The molecule has 1 aliphatic rings. The summed E-state index contributed by atoms with van der Waals surface area (Å²) in [6, 6.07) is 10.2. The van der Waals surface area contributed by atoms with Gasteiger partial charge >= 0.3 is 5.97 Å². The maximum atomic E-state index is 11.9. The highest BCUT2D eigenvalue weighted by Gasteiger charge is 2.26. The van der Waals surface area contributed by atoms with Crippen molar-refractivity contribution in [3.8, 4) is 0 Å². The third-order valence-electron chi connectivity index (χ3n) is 4.42. The molecule has 0 aromatic heterocycles. The molecule has 0 saturated carbocycles. The highest BCUT2D eigenvalue weighted by Crippen LogP contribution is 2.17. The van der Waals surface area contributed by atoms with Crippen LogP contribution in [-0.2, 0) is 14.4 Å². The summed E-state index contributed by atoms with van der Waals surface area (Å²) >= 11 is 0. The minimum atomic E-state index is -0.0756. The Morgan fingerprint density at radius 1 is 1.31 bits per heavy atom. The molecule has 0 spiro atoms. The summed E-state index contributed by atoms with van der Waals surface area (Å²) in [5.41, 5.74) is 2.20. The fraction of sp³-hybridized carbons (Fsp3) is 0.524. The largest absolute Gasteiger partial charge is 0.466 e. The monoisotopic (exact) mass is 358 g/mol. The van der Waals surface area contributed by atoms with E-state index in [1.54, 1.807) is 6.21 Å². The number of rotatable bonds is 9. The van der Waals surface area contributed by atoms with Crippen LogP contribution in [0.4, 0.5) is 0 Å². The van der Waals surface area contributed by atoms with Crippen LogP contribution in [0.1, 0.15) is 38.7 Å². The van der Waals surface area contributed by atoms with Crippen molar-refractivity contribution in [3.63, 3.8) is 0 Å². The van der Waals surface area contributed by atoms with Crippen LogP contribution in [0.3, 0.4) is 0 Å². The van der Waals surface area contributed by atoms with E-state index in [0.717, 1.165) is 50.0 Å². The smallest absolute Gasteiger partial charge is 0.310 e. The van der Waals surface area contributed by atoms with Crippen molar-refractivity contribution < 1.29 is 14.4 Å². The van der Waals surface area contributed by atoms with Gasteiger partial charge in [0, 0.05) is 13.1 Å². The Labute approximate surface area is 156 Å². The molecule has 0 N–H and O–H groups in total. The van der Waals surface area contributed by atoms with Crippen molar-refractivity contribution >= 4 is 17.8 Å². The van der Waals surface area contributed by atoms with Gasteiger partial charge in [0.15, 0.2) is 0 Å². The summed E-state index contributed by atoms with van der Waals surface area (Å²) in [5.74, 6) is -0.0854. The van der Waals surface area contributed by atoms with Crippen LogP contribution in [0, 0.1) is 5.92 Å². The van der Waals surface area contributed by atoms with Crippen LogP contribution in [0.25, 0.3) is 5.57 Å². The molecule has 26 heavy (non-hydrogen) atoms. The maximum Gasteiger partial charge on any atom is 0.310 e. The third kappa shape index (κ3) is 6.64. The maximum absolute atomic E-state index is 11.9. The molecule has 1 fully saturated rings. The Kier molecular flexibility index (Phi) is 8.90. The van der Waals surface area contributed by atoms with Crippen LogP contribution in [0.2, 0.25) is 0 Å². The highest BCUT2D eigenvalue weighted by molar-refractivity contribution is 6.09. The summed E-state index contributed by atoms with van der Waals surface area (Å²) in [6.07, 6.45) is 6.78. The van der Waals surface area contributed by atoms with Crippen molar-refractivity contribution in [2.24, 2.45) is 11.1 Å². The number of oxime groups is 1. The van der Waals surface area contributed by atoms with Gasteiger partial charge in [-0.3, -0.25) is 9.69 Å². The van der Waals surface area contributed by atoms with Crippen LogP contribution in [0.5, 0.6) is 0 Å². The SMILES string of the molecule is CCC=C(C=NOCCN1CCC[C@@H](C(=O)OCC)C1)c1ccccc1. The van der Waals surface area contributed by atoms with E-state index >= 15 is 0 Å². The molecule has 1 heterocycles. The van der Waals surface area contributed by atoms with Gasteiger partial charge in [0.1, 0.15) is 6.61 Å². The molecule has 0 radical (unpaired) electrons. The number of benzene rings is 1. The van der Waals surface area contributed by atoms with E-state index in [0.29, 0.717) is 13.2 Å². The molecule has 0 aliphatic carbocycles. The first-order chi connectivity index (χ1) is 12.7. The van der Waals surface area contributed by atoms with Crippen molar-refractivity contribution in [3.05, 3.63) is 42.0 Å². The molecule has 1 saturated heterocycles. The molecule has 1 aromatic carbocycles. The van der Waals surface area contributed by atoms with E-state index in [1.807, 2.05) is 25.1 Å². The number of carbonyl (C=O) groups is 1. The van der Waals surface area contributed by atoms with E-state index in [9.17, 15) is 4.79 Å². The van der Waals surface area contributed by atoms with Gasteiger partial charge in [-0.15, -0.1) is 0 Å². The fourth-order valence-electron chi connectivity index (χ4n) is 3.12. The number of hydrogen-bond donors (Lipinski definition) is 0. The Morgan fingerprint density at radius 2 is 2.12 bits per heavy atom. The number of allylic oxidation sites excluding steroid dienone is 2. The van der Waals surface area contributed by atoms with Crippen LogP contribution < -0.4 is 0 Å². The second-order valence-electron chi connectivity index (χ2n) is 6.39. The van der Waals surface area contributed by atoms with Crippen molar-refractivity contribution in [2.75, 3.05) is 32.8 Å². The molecule has 1 aromatic rings. The number of nitrogens with zero attached hydrogens (tertiary/aromatic N) is 2. The van der Waals surface area contributed by atoms with E-state index < -0.39 is 0 Å². The Hall–Kier alpha value is -2.14. The minimum absolute atomic E-state index is 0.00984. The average Bonchev–Trinajstić information content (AvgIpc) is 2.68. The lowest BCUT2D eigenvalue weighted by Gasteiger charge is -2.30. The van der Waals surface area contributed by atoms with Crippen LogP contribution >= 0.6 is 0 Å². The molecule has 142 valence electrons. The van der Waals surface area contributed by atoms with E-state index in [2.05, 4.69) is 35.2 Å². The van der Waals surface area contributed by atoms with Crippen molar-refractivity contribution in [2.45, 2.75) is 33.1 Å². The molecule has 1 atom stereocenters. The third-order valence-corrected chi connectivity index (χ3v) is 4.42. The number of likely N-dealkylation sites (tertiary alicyclic amines) is 1. The summed E-state index contributed by atoms with van der Waals surface area (Å²) in [4.78, 5) is 19.6.